The van der Waals surface area contributed by atoms with Gasteiger partial charge in [0, 0.05) is 13.2 Å². The van der Waals surface area contributed by atoms with Crippen molar-refractivity contribution in [3.05, 3.63) is 35.9 Å². The molecule has 1 rings (SSSR count). The lowest BCUT2D eigenvalue weighted by Gasteiger charge is -2.27. The van der Waals surface area contributed by atoms with Crippen molar-refractivity contribution in [2.24, 2.45) is 5.92 Å². The van der Waals surface area contributed by atoms with Gasteiger partial charge in [-0.3, -0.25) is 0 Å². The monoisotopic (exact) mass is 338 g/mol. The number of aliphatic hydroxyl groups excluding tert-OH is 2. The summed E-state index contributed by atoms with van der Waals surface area (Å²) in [7, 11) is 1.30. The number of methoxy groups -OCH3 is 1. The zero-order valence-electron chi connectivity index (χ0n) is 14.5. The van der Waals surface area contributed by atoms with Crippen molar-refractivity contribution in [3.8, 4) is 5.75 Å². The summed E-state index contributed by atoms with van der Waals surface area (Å²) in [5, 5.41) is 19.8. The van der Waals surface area contributed by atoms with Crippen LogP contribution in [0.25, 0.3) is 6.08 Å². The van der Waals surface area contributed by atoms with Crippen LogP contribution in [0.15, 0.2) is 30.3 Å². The number of aliphatic hydroxyl groups is 2. The molecule has 0 bridgehead atoms. The quantitative estimate of drug-likeness (QED) is 0.407. The molecule has 0 spiro atoms. The fraction of sp³-hybridized carbons (Fsp3) is 0.500. The highest BCUT2D eigenvalue weighted by molar-refractivity contribution is 5.87. The van der Waals surface area contributed by atoms with Gasteiger partial charge in [0.05, 0.1) is 12.7 Å². The average Bonchev–Trinajstić information content (AvgIpc) is 2.58. The van der Waals surface area contributed by atoms with E-state index in [-0.39, 0.29) is 5.92 Å². The predicted molar refractivity (Wildman–Crippen MR) is 90.4 cm³/mol. The van der Waals surface area contributed by atoms with Crippen LogP contribution in [0.1, 0.15) is 26.3 Å². The van der Waals surface area contributed by atoms with Gasteiger partial charge in [-0.25, -0.2) is 4.79 Å². The maximum atomic E-state index is 11.8. The van der Waals surface area contributed by atoms with Crippen LogP contribution in [0.4, 0.5) is 0 Å². The number of rotatable bonds is 9. The summed E-state index contributed by atoms with van der Waals surface area (Å²) in [5.74, 6) is -0.121. The van der Waals surface area contributed by atoms with Crippen molar-refractivity contribution in [3.63, 3.8) is 0 Å². The number of hydrogen-bond acceptors (Lipinski definition) is 6. The minimum atomic E-state index is -1.32. The van der Waals surface area contributed by atoms with Crippen molar-refractivity contribution in [1.82, 2.24) is 0 Å². The second kappa shape index (κ2) is 10.1. The largest absolute Gasteiger partial charge is 0.494 e. The predicted octanol–water partition coefficient (Wildman–Crippen LogP) is 1.99. The molecule has 0 radical (unpaired) electrons. The van der Waals surface area contributed by atoms with Gasteiger partial charge >= 0.3 is 5.97 Å². The number of hydrogen-bond donors (Lipinski definition) is 2. The molecule has 134 valence electrons. The number of carbonyl (C=O) groups is 1. The van der Waals surface area contributed by atoms with Crippen LogP contribution >= 0.6 is 0 Å². The van der Waals surface area contributed by atoms with E-state index in [4.69, 9.17) is 14.2 Å². The van der Waals surface area contributed by atoms with Crippen LogP contribution in [0.3, 0.4) is 0 Å². The molecule has 2 N–H and O–H groups in total. The van der Waals surface area contributed by atoms with E-state index >= 15 is 0 Å². The first kappa shape index (κ1) is 20.2. The Bertz CT molecular complexity index is 523. The van der Waals surface area contributed by atoms with E-state index in [9.17, 15) is 15.0 Å². The van der Waals surface area contributed by atoms with E-state index in [2.05, 4.69) is 0 Å². The molecule has 0 aliphatic rings. The maximum Gasteiger partial charge on any atom is 0.333 e. The Hall–Kier alpha value is -1.89. The number of benzene rings is 1. The molecule has 0 aromatic heterocycles. The highest BCUT2D eigenvalue weighted by atomic mass is 16.7. The van der Waals surface area contributed by atoms with E-state index in [1.54, 1.807) is 44.2 Å². The molecular weight excluding hydrogens is 312 g/mol. The summed E-state index contributed by atoms with van der Waals surface area (Å²) in [6.45, 7) is 5.98. The van der Waals surface area contributed by atoms with Crippen LogP contribution in [-0.2, 0) is 14.3 Å². The zero-order valence-corrected chi connectivity index (χ0v) is 14.5. The van der Waals surface area contributed by atoms with E-state index < -0.39 is 24.5 Å². The Balaban J connectivity index is 2.62. The molecule has 0 aliphatic carbocycles. The van der Waals surface area contributed by atoms with Gasteiger partial charge in [0.25, 0.3) is 0 Å². The first-order valence-corrected chi connectivity index (χ1v) is 7.89. The first-order valence-electron chi connectivity index (χ1n) is 7.89. The molecule has 6 heteroatoms. The highest BCUT2D eigenvalue weighted by Gasteiger charge is 2.30. The number of ether oxygens (including phenoxy) is 3. The first-order chi connectivity index (χ1) is 11.4. The van der Waals surface area contributed by atoms with Gasteiger partial charge < -0.3 is 24.4 Å². The summed E-state index contributed by atoms with van der Waals surface area (Å²) < 4.78 is 15.3. The van der Waals surface area contributed by atoms with Crippen LogP contribution in [0, 0.1) is 5.92 Å². The molecule has 3 atom stereocenters. The Kier molecular flexibility index (Phi) is 8.46. The van der Waals surface area contributed by atoms with Crippen LogP contribution in [0.2, 0.25) is 0 Å². The molecule has 24 heavy (non-hydrogen) atoms. The van der Waals surface area contributed by atoms with Gasteiger partial charge in [0.15, 0.2) is 0 Å². The van der Waals surface area contributed by atoms with Crippen LogP contribution in [-0.4, -0.2) is 48.4 Å². The van der Waals surface area contributed by atoms with Crippen LogP contribution < -0.4 is 4.74 Å². The second-order valence-corrected chi connectivity index (χ2v) is 5.60. The fourth-order valence-corrected chi connectivity index (χ4v) is 1.97. The van der Waals surface area contributed by atoms with Gasteiger partial charge in [-0.15, -0.1) is 0 Å². The van der Waals surface area contributed by atoms with Crippen molar-refractivity contribution in [2.45, 2.75) is 39.3 Å². The van der Waals surface area contributed by atoms with Crippen molar-refractivity contribution in [2.75, 3.05) is 13.7 Å². The Morgan fingerprint density at radius 3 is 2.29 bits per heavy atom. The van der Waals surface area contributed by atoms with Crippen LogP contribution in [0.5, 0.6) is 5.75 Å². The number of esters is 1. The van der Waals surface area contributed by atoms with Gasteiger partial charge in [0.2, 0.25) is 6.29 Å². The van der Waals surface area contributed by atoms with Gasteiger partial charge in [-0.1, -0.05) is 26.0 Å². The van der Waals surface area contributed by atoms with E-state index in [1.807, 2.05) is 6.92 Å². The smallest absolute Gasteiger partial charge is 0.333 e. The van der Waals surface area contributed by atoms with Gasteiger partial charge in [-0.2, -0.15) is 0 Å². The summed E-state index contributed by atoms with van der Waals surface area (Å²) in [6, 6.07) is 7.21. The standard InChI is InChI=1S/C18H26O6/c1-5-23-14-9-6-13(7-10-14)8-11-15(19)24-18(22-4)17(21)16(20)12(2)3/h6-12,16-18,20-21H,5H2,1-4H3. The average molecular weight is 338 g/mol. The summed E-state index contributed by atoms with van der Waals surface area (Å²) in [6.07, 6.45) is -0.804. The van der Waals surface area contributed by atoms with Gasteiger partial charge in [-0.05, 0) is 36.6 Å². The van der Waals surface area contributed by atoms with E-state index in [0.29, 0.717) is 6.61 Å². The molecule has 1 aromatic rings. The van der Waals surface area contributed by atoms with Crippen molar-refractivity contribution >= 4 is 12.0 Å². The van der Waals surface area contributed by atoms with Crippen molar-refractivity contribution in [1.29, 1.82) is 0 Å². The summed E-state index contributed by atoms with van der Waals surface area (Å²) in [4.78, 5) is 11.8. The third-order valence-corrected chi connectivity index (χ3v) is 3.38. The molecule has 1 aromatic carbocycles. The summed E-state index contributed by atoms with van der Waals surface area (Å²) >= 11 is 0. The lowest BCUT2D eigenvalue weighted by Crippen LogP contribution is -2.43. The second-order valence-electron chi connectivity index (χ2n) is 5.60. The Morgan fingerprint density at radius 1 is 1.17 bits per heavy atom. The minimum absolute atomic E-state index is 0.198. The molecule has 0 heterocycles. The van der Waals surface area contributed by atoms with E-state index in [1.165, 1.54) is 13.2 Å². The molecule has 0 amide bonds. The third kappa shape index (κ3) is 6.31. The highest BCUT2D eigenvalue weighted by Crippen LogP contribution is 2.15. The topological polar surface area (TPSA) is 85.2 Å². The molecule has 6 nitrogen and oxygen atoms in total. The van der Waals surface area contributed by atoms with E-state index in [0.717, 1.165) is 11.3 Å². The fourth-order valence-electron chi connectivity index (χ4n) is 1.97. The van der Waals surface area contributed by atoms with Crippen molar-refractivity contribution < 1.29 is 29.2 Å². The minimum Gasteiger partial charge on any atom is -0.494 e. The molecule has 0 fully saturated rings. The summed E-state index contributed by atoms with van der Waals surface area (Å²) in [5.41, 5.74) is 0.798. The molecule has 0 saturated carbocycles. The lowest BCUT2D eigenvalue weighted by atomic mass is 10.0. The lowest BCUT2D eigenvalue weighted by molar-refractivity contribution is -0.207. The third-order valence-electron chi connectivity index (χ3n) is 3.38. The Labute approximate surface area is 142 Å². The molecule has 3 unspecified atom stereocenters. The van der Waals surface area contributed by atoms with Gasteiger partial charge in [0.1, 0.15) is 11.9 Å². The number of carbonyl (C=O) groups excluding carboxylic acids is 1. The Morgan fingerprint density at radius 2 is 1.79 bits per heavy atom. The molecule has 0 saturated heterocycles. The molecular formula is C18H26O6. The SMILES string of the molecule is CCOc1ccc(C=CC(=O)OC(OC)C(O)C(O)C(C)C)cc1. The normalized spacial score (nSPS) is 15.3. The zero-order chi connectivity index (χ0) is 18.1. The molecule has 0 aliphatic heterocycles. The maximum absolute atomic E-state index is 11.8.